The second-order valence-electron chi connectivity index (χ2n) is 5.97. The van der Waals surface area contributed by atoms with Gasteiger partial charge in [-0.05, 0) is 43.7 Å². The number of ether oxygens (including phenoxy) is 1. The lowest BCUT2D eigenvalue weighted by atomic mass is 9.74. The van der Waals surface area contributed by atoms with Gasteiger partial charge in [-0.2, -0.15) is 0 Å². The first-order valence-electron chi connectivity index (χ1n) is 7.18. The van der Waals surface area contributed by atoms with Crippen molar-refractivity contribution < 1.29 is 9.53 Å². The molecule has 1 saturated carbocycles. The van der Waals surface area contributed by atoms with Gasteiger partial charge in [-0.1, -0.05) is 18.5 Å². The van der Waals surface area contributed by atoms with Gasteiger partial charge in [0.2, 0.25) is 0 Å². The van der Waals surface area contributed by atoms with Crippen LogP contribution in [0.4, 0.5) is 5.82 Å². The normalized spacial score (nSPS) is 23.2. The SMILES string of the molecule is COC(=O)c1cc(Cl)cnc1NC1CCC(C)(CN)CC1.Cl.Cl. The van der Waals surface area contributed by atoms with Crippen molar-refractivity contribution in [2.45, 2.75) is 38.6 Å². The van der Waals surface area contributed by atoms with Gasteiger partial charge in [0, 0.05) is 12.2 Å². The molecule has 132 valence electrons. The Balaban J connectivity index is 0.00000242. The second-order valence-corrected chi connectivity index (χ2v) is 6.41. The van der Waals surface area contributed by atoms with Crippen LogP contribution in [0.25, 0.3) is 0 Å². The first-order chi connectivity index (χ1) is 9.97. The largest absolute Gasteiger partial charge is 0.465 e. The molecule has 0 aliphatic heterocycles. The fraction of sp³-hybridized carbons (Fsp3) is 0.600. The van der Waals surface area contributed by atoms with E-state index in [4.69, 9.17) is 22.1 Å². The van der Waals surface area contributed by atoms with Crippen LogP contribution in [-0.2, 0) is 4.74 Å². The fourth-order valence-corrected chi connectivity index (χ4v) is 2.83. The third-order valence-electron chi connectivity index (χ3n) is 4.29. The number of carbonyl (C=O) groups excluding carboxylic acids is 1. The summed E-state index contributed by atoms with van der Waals surface area (Å²) >= 11 is 5.90. The summed E-state index contributed by atoms with van der Waals surface area (Å²) in [6, 6.07) is 1.87. The third kappa shape index (κ3) is 5.68. The van der Waals surface area contributed by atoms with Crippen molar-refractivity contribution in [2.24, 2.45) is 11.1 Å². The Morgan fingerprint density at radius 2 is 2.09 bits per heavy atom. The molecule has 0 spiro atoms. The lowest BCUT2D eigenvalue weighted by molar-refractivity contribution is 0.0601. The smallest absolute Gasteiger partial charge is 0.341 e. The summed E-state index contributed by atoms with van der Waals surface area (Å²) in [5.74, 6) is 0.0997. The molecule has 1 fully saturated rings. The summed E-state index contributed by atoms with van der Waals surface area (Å²) in [4.78, 5) is 16.0. The number of nitrogens with two attached hydrogens (primary N) is 1. The maximum absolute atomic E-state index is 11.8. The van der Waals surface area contributed by atoms with Crippen LogP contribution < -0.4 is 11.1 Å². The lowest BCUT2D eigenvalue weighted by Gasteiger charge is -2.37. The molecule has 1 aliphatic carbocycles. The first-order valence-corrected chi connectivity index (χ1v) is 7.56. The molecule has 0 amide bonds. The van der Waals surface area contributed by atoms with E-state index in [1.807, 2.05) is 0 Å². The van der Waals surface area contributed by atoms with Crippen LogP contribution in [0, 0.1) is 5.41 Å². The molecule has 0 aromatic carbocycles. The zero-order valence-electron chi connectivity index (χ0n) is 13.3. The van der Waals surface area contributed by atoms with Gasteiger partial charge in [0.25, 0.3) is 0 Å². The Morgan fingerprint density at radius 1 is 1.48 bits per heavy atom. The maximum atomic E-state index is 11.8. The molecule has 1 aromatic rings. The number of carbonyl (C=O) groups is 1. The van der Waals surface area contributed by atoms with E-state index in [-0.39, 0.29) is 30.2 Å². The number of halogens is 3. The highest BCUT2D eigenvalue weighted by atomic mass is 35.5. The number of esters is 1. The van der Waals surface area contributed by atoms with Gasteiger partial charge in [0.1, 0.15) is 11.4 Å². The minimum atomic E-state index is -0.435. The summed E-state index contributed by atoms with van der Waals surface area (Å²) in [7, 11) is 1.35. The van der Waals surface area contributed by atoms with Crippen LogP contribution in [0.1, 0.15) is 43.0 Å². The van der Waals surface area contributed by atoms with Crippen LogP contribution in [0.15, 0.2) is 12.3 Å². The molecule has 5 nitrogen and oxygen atoms in total. The summed E-state index contributed by atoms with van der Waals surface area (Å²) in [5.41, 5.74) is 6.43. The van der Waals surface area contributed by atoms with E-state index in [9.17, 15) is 4.79 Å². The standard InChI is InChI=1S/C15H22ClN3O2.2ClH/c1-15(9-17)5-3-11(4-6-15)19-13-12(14(20)21-2)7-10(16)8-18-13;;/h7-8,11H,3-6,9,17H2,1-2H3,(H,18,19);2*1H. The molecule has 2 rings (SSSR count). The van der Waals surface area contributed by atoms with E-state index in [0.717, 1.165) is 25.7 Å². The Labute approximate surface area is 154 Å². The molecule has 0 atom stereocenters. The van der Waals surface area contributed by atoms with E-state index in [0.29, 0.717) is 29.0 Å². The highest BCUT2D eigenvalue weighted by molar-refractivity contribution is 6.30. The Kier molecular flexibility index (Phi) is 9.21. The monoisotopic (exact) mass is 383 g/mol. The molecule has 0 radical (unpaired) electrons. The topological polar surface area (TPSA) is 77.2 Å². The Bertz CT molecular complexity index is 521. The number of hydrogen-bond acceptors (Lipinski definition) is 5. The number of anilines is 1. The van der Waals surface area contributed by atoms with Crippen LogP contribution in [0.3, 0.4) is 0 Å². The minimum Gasteiger partial charge on any atom is -0.465 e. The van der Waals surface area contributed by atoms with Crippen LogP contribution in [0.5, 0.6) is 0 Å². The van der Waals surface area contributed by atoms with Crippen molar-refractivity contribution in [1.29, 1.82) is 0 Å². The average Bonchev–Trinajstić information content (AvgIpc) is 2.50. The number of pyridine rings is 1. The molecule has 3 N–H and O–H groups in total. The number of rotatable bonds is 4. The van der Waals surface area contributed by atoms with Gasteiger partial charge in [-0.25, -0.2) is 9.78 Å². The highest BCUT2D eigenvalue weighted by Gasteiger charge is 2.30. The zero-order valence-corrected chi connectivity index (χ0v) is 15.7. The summed E-state index contributed by atoms with van der Waals surface area (Å²) in [5, 5.41) is 3.76. The van der Waals surface area contributed by atoms with Crippen molar-refractivity contribution in [2.75, 3.05) is 19.0 Å². The van der Waals surface area contributed by atoms with Gasteiger partial charge >= 0.3 is 5.97 Å². The number of methoxy groups -OCH3 is 1. The number of nitrogens with one attached hydrogen (secondary N) is 1. The summed E-state index contributed by atoms with van der Waals surface area (Å²) in [6.07, 6.45) is 5.70. The maximum Gasteiger partial charge on any atom is 0.341 e. The average molecular weight is 385 g/mol. The van der Waals surface area contributed by atoms with Crippen LogP contribution >= 0.6 is 36.4 Å². The number of nitrogens with zero attached hydrogens (tertiary/aromatic N) is 1. The van der Waals surface area contributed by atoms with Crippen molar-refractivity contribution >= 4 is 48.2 Å². The van der Waals surface area contributed by atoms with Crippen molar-refractivity contribution in [3.63, 3.8) is 0 Å². The minimum absolute atomic E-state index is 0. The Morgan fingerprint density at radius 3 is 2.61 bits per heavy atom. The molecule has 8 heteroatoms. The molecule has 1 aliphatic rings. The predicted octanol–water partition coefficient (Wildman–Crippen LogP) is 3.68. The van der Waals surface area contributed by atoms with Gasteiger partial charge in [-0.3, -0.25) is 0 Å². The molecule has 1 aromatic heterocycles. The van der Waals surface area contributed by atoms with E-state index >= 15 is 0 Å². The lowest BCUT2D eigenvalue weighted by Crippen LogP contribution is -2.36. The van der Waals surface area contributed by atoms with Crippen molar-refractivity contribution in [3.05, 3.63) is 22.8 Å². The summed E-state index contributed by atoms with van der Waals surface area (Å²) in [6.45, 7) is 2.94. The van der Waals surface area contributed by atoms with Crippen LogP contribution in [0.2, 0.25) is 5.02 Å². The fourth-order valence-electron chi connectivity index (χ4n) is 2.68. The van der Waals surface area contributed by atoms with Gasteiger partial charge in [0.05, 0.1) is 12.1 Å². The van der Waals surface area contributed by atoms with Gasteiger partial charge in [-0.15, -0.1) is 24.8 Å². The second kappa shape index (κ2) is 9.52. The van der Waals surface area contributed by atoms with Gasteiger partial charge < -0.3 is 15.8 Å². The van der Waals surface area contributed by atoms with E-state index in [1.165, 1.54) is 13.3 Å². The van der Waals surface area contributed by atoms with Gasteiger partial charge in [0.15, 0.2) is 0 Å². The molecular weight excluding hydrogens is 361 g/mol. The molecule has 0 bridgehead atoms. The predicted molar refractivity (Wildman–Crippen MR) is 98.1 cm³/mol. The first kappa shape index (κ1) is 22.2. The third-order valence-corrected chi connectivity index (χ3v) is 4.49. The molecule has 23 heavy (non-hydrogen) atoms. The van der Waals surface area contributed by atoms with Crippen LogP contribution in [-0.4, -0.2) is 30.6 Å². The van der Waals surface area contributed by atoms with E-state index < -0.39 is 5.97 Å². The summed E-state index contributed by atoms with van der Waals surface area (Å²) < 4.78 is 4.78. The molecule has 0 saturated heterocycles. The van der Waals surface area contributed by atoms with Crippen molar-refractivity contribution in [3.8, 4) is 0 Å². The van der Waals surface area contributed by atoms with E-state index in [2.05, 4.69) is 17.2 Å². The van der Waals surface area contributed by atoms with E-state index in [1.54, 1.807) is 6.07 Å². The quantitative estimate of drug-likeness (QED) is 0.774. The number of hydrogen-bond donors (Lipinski definition) is 2. The molecular formula is C15H24Cl3N3O2. The Hall–Kier alpha value is -0.750. The highest BCUT2D eigenvalue weighted by Crippen LogP contribution is 2.36. The molecule has 0 unspecified atom stereocenters. The van der Waals surface area contributed by atoms with Crippen molar-refractivity contribution in [1.82, 2.24) is 4.98 Å². The molecule has 1 heterocycles. The number of aromatic nitrogens is 1. The zero-order chi connectivity index (χ0) is 15.5.